The monoisotopic (exact) mass is 660 g/mol. The van der Waals surface area contributed by atoms with E-state index in [0.717, 1.165) is 31.2 Å². The second kappa shape index (κ2) is 11.4. The van der Waals surface area contributed by atoms with Crippen molar-refractivity contribution in [2.24, 2.45) is 11.8 Å². The summed E-state index contributed by atoms with van der Waals surface area (Å²) in [4.78, 5) is -3.17. The van der Waals surface area contributed by atoms with E-state index in [-0.39, 0.29) is 68.0 Å². The van der Waals surface area contributed by atoms with Gasteiger partial charge in [0, 0.05) is 0 Å². The van der Waals surface area contributed by atoms with Crippen LogP contribution in [0.1, 0.15) is 118 Å². The summed E-state index contributed by atoms with van der Waals surface area (Å²) in [7, 11) is -10.6. The van der Waals surface area contributed by atoms with Crippen molar-refractivity contribution in [2.75, 3.05) is 0 Å². The number of benzene rings is 2. The van der Waals surface area contributed by atoms with Gasteiger partial charge in [-0.1, -0.05) is 51.3 Å². The molecule has 0 aliphatic heterocycles. The van der Waals surface area contributed by atoms with Gasteiger partial charge >= 0.3 is 16.3 Å². The van der Waals surface area contributed by atoms with Gasteiger partial charge in [-0.2, -0.15) is 8.78 Å². The highest BCUT2D eigenvalue weighted by molar-refractivity contribution is 8.45. The lowest BCUT2D eigenvalue weighted by Crippen LogP contribution is -2.38. The minimum Gasteiger partial charge on any atom is -0.317 e. The fraction of sp³-hybridized carbons (Fsp3) is 0.625. The molecule has 0 aromatic heterocycles. The summed E-state index contributed by atoms with van der Waals surface area (Å²) in [6, 6.07) is 5.90. The Morgan fingerprint density at radius 3 is 1.61 bits per heavy atom. The minimum atomic E-state index is -10.6. The Kier molecular flexibility index (Phi) is 8.65. The van der Waals surface area contributed by atoms with Crippen molar-refractivity contribution in [3.05, 3.63) is 64.5 Å². The van der Waals surface area contributed by atoms with Crippen LogP contribution in [0.25, 0.3) is 0 Å². The van der Waals surface area contributed by atoms with Gasteiger partial charge in [0.15, 0.2) is 4.90 Å². The Hall–Kier alpha value is -1.95. The van der Waals surface area contributed by atoms with Crippen LogP contribution in [0, 0.1) is 29.3 Å². The summed E-state index contributed by atoms with van der Waals surface area (Å²) in [5.41, 5.74) is 1.32. The van der Waals surface area contributed by atoms with Crippen molar-refractivity contribution < 1.29 is 46.1 Å². The fourth-order valence-electron chi connectivity index (χ4n) is 7.48. The molecule has 3 aliphatic rings. The Morgan fingerprint density at radius 2 is 1.09 bits per heavy atom. The van der Waals surface area contributed by atoms with Crippen LogP contribution in [0.3, 0.4) is 0 Å². The predicted molar refractivity (Wildman–Crippen MR) is 150 cm³/mol. The van der Waals surface area contributed by atoms with Gasteiger partial charge in [0.1, 0.15) is 17.5 Å². The van der Waals surface area contributed by atoms with Crippen LogP contribution >= 0.6 is 10.2 Å². The molecule has 3 fully saturated rings. The molecular formula is C32H38F10OS. The molecule has 0 spiro atoms. The lowest BCUT2D eigenvalue weighted by Gasteiger charge is -2.41. The standard InChI is InChI=1S/C32H38F10OS/c1-19-2-4-20(5-3-19)23-10-15-27(28(33)16-23)22-6-11-25(12-7-22)32(36,37)43-26-13-8-21(9-14-26)24-17-29(34)31(30(35)18-24)44(38,39,40,41)42/h10,15-22,25-26H,2-9,11-14H2,1H3. The molecule has 0 N–H and O–H groups in total. The van der Waals surface area contributed by atoms with Gasteiger partial charge in [-0.3, -0.25) is 0 Å². The normalized spacial score (nSPS) is 30.4. The smallest absolute Gasteiger partial charge is 0.317 e. The molecule has 12 heteroatoms. The van der Waals surface area contributed by atoms with Crippen molar-refractivity contribution >= 4 is 10.2 Å². The molecule has 2 aromatic rings. The van der Waals surface area contributed by atoms with E-state index in [2.05, 4.69) is 6.92 Å². The average molecular weight is 661 g/mol. The predicted octanol–water partition coefficient (Wildman–Crippen LogP) is 12.7. The molecule has 0 heterocycles. The summed E-state index contributed by atoms with van der Waals surface area (Å²) in [6.45, 7) is 2.23. The highest BCUT2D eigenvalue weighted by Gasteiger charge is 2.69. The van der Waals surface area contributed by atoms with Gasteiger partial charge in [0.05, 0.1) is 12.0 Å². The highest BCUT2D eigenvalue weighted by Crippen LogP contribution is 3.02. The van der Waals surface area contributed by atoms with Gasteiger partial charge in [-0.25, -0.2) is 13.2 Å². The third-order valence-electron chi connectivity index (χ3n) is 10.0. The number of halogens is 10. The molecular weight excluding hydrogens is 622 g/mol. The Morgan fingerprint density at radius 1 is 0.614 bits per heavy atom. The molecule has 0 saturated heterocycles. The second-order valence-electron chi connectivity index (χ2n) is 13.2. The summed E-state index contributed by atoms with van der Waals surface area (Å²) in [5.74, 6) is -5.96. The quantitative estimate of drug-likeness (QED) is 0.269. The number of hydrogen-bond donors (Lipinski definition) is 0. The third-order valence-corrected chi connectivity index (χ3v) is 11.2. The maximum Gasteiger partial charge on any atom is 0.358 e. The maximum atomic E-state index is 15.2. The first kappa shape index (κ1) is 33.4. The summed E-state index contributed by atoms with van der Waals surface area (Å²) >= 11 is 0. The van der Waals surface area contributed by atoms with Crippen molar-refractivity contribution in [3.8, 4) is 0 Å². The largest absolute Gasteiger partial charge is 0.358 e. The van der Waals surface area contributed by atoms with Crippen LogP contribution in [0.5, 0.6) is 0 Å². The Bertz CT molecular complexity index is 1320. The van der Waals surface area contributed by atoms with E-state index < -0.39 is 50.8 Å². The van der Waals surface area contributed by atoms with Crippen LogP contribution in [-0.2, 0) is 4.74 Å². The zero-order valence-electron chi connectivity index (χ0n) is 24.4. The first-order valence-corrected chi connectivity index (χ1v) is 17.3. The topological polar surface area (TPSA) is 9.23 Å². The summed E-state index contributed by atoms with van der Waals surface area (Å²) in [6.07, 6.45) is 1.33. The molecule has 1 nitrogen and oxygen atoms in total. The second-order valence-corrected chi connectivity index (χ2v) is 15.6. The number of hydrogen-bond acceptors (Lipinski definition) is 1. The van der Waals surface area contributed by atoms with E-state index in [1.54, 1.807) is 6.07 Å². The Labute approximate surface area is 251 Å². The molecule has 0 bridgehead atoms. The number of alkyl halides is 2. The molecule has 2 aromatic carbocycles. The van der Waals surface area contributed by atoms with E-state index in [1.165, 1.54) is 0 Å². The third kappa shape index (κ3) is 7.53. The molecule has 3 aliphatic carbocycles. The molecule has 5 rings (SSSR count). The molecule has 0 amide bonds. The van der Waals surface area contributed by atoms with Gasteiger partial charge < -0.3 is 4.74 Å². The van der Waals surface area contributed by atoms with Crippen LogP contribution in [-0.4, -0.2) is 12.2 Å². The van der Waals surface area contributed by atoms with Crippen LogP contribution in [0.15, 0.2) is 35.2 Å². The maximum absolute atomic E-state index is 15.2. The first-order valence-electron chi connectivity index (χ1n) is 15.4. The number of rotatable bonds is 7. The van der Waals surface area contributed by atoms with E-state index >= 15 is 13.2 Å². The van der Waals surface area contributed by atoms with Crippen LogP contribution in [0.2, 0.25) is 0 Å². The molecule has 0 unspecified atom stereocenters. The van der Waals surface area contributed by atoms with E-state index in [4.69, 9.17) is 4.74 Å². The van der Waals surface area contributed by atoms with Crippen LogP contribution < -0.4 is 0 Å². The van der Waals surface area contributed by atoms with Crippen molar-refractivity contribution in [2.45, 2.75) is 119 Å². The highest BCUT2D eigenvalue weighted by atomic mass is 32.5. The molecule has 248 valence electrons. The van der Waals surface area contributed by atoms with Crippen molar-refractivity contribution in [1.29, 1.82) is 0 Å². The van der Waals surface area contributed by atoms with Gasteiger partial charge in [0.25, 0.3) is 0 Å². The van der Waals surface area contributed by atoms with Crippen LogP contribution in [0.4, 0.5) is 41.4 Å². The van der Waals surface area contributed by atoms with Crippen molar-refractivity contribution in [1.82, 2.24) is 0 Å². The average Bonchev–Trinajstić information content (AvgIpc) is 2.92. The number of ether oxygens (including phenoxy) is 1. The SMILES string of the molecule is CC1CCC(c2ccc(C3CCC(C(F)(F)OC4CCC(c5cc(F)c(S(F)(F)(F)(F)F)c(F)c5)CC4)CC3)c(F)c2)CC1. The van der Waals surface area contributed by atoms with E-state index in [0.29, 0.717) is 30.2 Å². The lowest BCUT2D eigenvalue weighted by molar-refractivity contribution is -0.300. The minimum absolute atomic E-state index is 0.0552. The van der Waals surface area contributed by atoms with E-state index in [1.807, 2.05) is 12.1 Å². The zero-order valence-corrected chi connectivity index (χ0v) is 25.2. The van der Waals surface area contributed by atoms with Gasteiger partial charge in [-0.05, 0) is 123 Å². The Balaban J connectivity index is 1.14. The first-order chi connectivity index (χ1) is 20.3. The summed E-state index contributed by atoms with van der Waals surface area (Å²) in [5, 5.41) is 0. The molecule has 0 atom stereocenters. The fourth-order valence-corrected chi connectivity index (χ4v) is 8.33. The van der Waals surface area contributed by atoms with Gasteiger partial charge in [0.2, 0.25) is 0 Å². The van der Waals surface area contributed by atoms with Crippen molar-refractivity contribution in [3.63, 3.8) is 0 Å². The zero-order chi connectivity index (χ0) is 32.1. The molecule has 3 saturated carbocycles. The van der Waals surface area contributed by atoms with E-state index in [9.17, 15) is 28.2 Å². The molecule has 44 heavy (non-hydrogen) atoms. The van der Waals surface area contributed by atoms with Gasteiger partial charge in [-0.15, -0.1) is 0 Å². The summed E-state index contributed by atoms with van der Waals surface area (Å²) < 4.78 is 144. The molecule has 0 radical (unpaired) electrons. The lowest BCUT2D eigenvalue weighted by atomic mass is 9.76.